The van der Waals surface area contributed by atoms with Gasteiger partial charge in [0.05, 0.1) is 21.7 Å². The second-order valence-electron chi connectivity index (χ2n) is 10.3. The summed E-state index contributed by atoms with van der Waals surface area (Å²) in [7, 11) is 0. The first-order chi connectivity index (χ1) is 18.1. The average Bonchev–Trinajstić information content (AvgIpc) is 3.34. The molecule has 0 bridgehead atoms. The van der Waals surface area contributed by atoms with Gasteiger partial charge in [-0.1, -0.05) is 43.9 Å². The number of benzene rings is 1. The number of carbonyl (C=O) groups excluding carboxylic acids is 1. The normalized spacial score (nSPS) is 18.5. The van der Waals surface area contributed by atoms with Gasteiger partial charge in [0.25, 0.3) is 5.91 Å². The van der Waals surface area contributed by atoms with Crippen LogP contribution in [0, 0.1) is 11.3 Å². The van der Waals surface area contributed by atoms with E-state index in [9.17, 15) is 10.1 Å². The number of hydrogen-bond donors (Lipinski definition) is 1. The molecule has 7 nitrogen and oxygen atoms in total. The molecule has 1 aliphatic heterocycles. The number of nitriles is 1. The number of aromatic nitrogens is 2. The number of amides is 1. The smallest absolute Gasteiger partial charge is 0.253 e. The first-order valence-electron chi connectivity index (χ1n) is 13.5. The van der Waals surface area contributed by atoms with E-state index in [-0.39, 0.29) is 11.4 Å². The number of nitrogens with one attached hydrogen (secondary N) is 1. The molecule has 2 aliphatic rings. The summed E-state index contributed by atoms with van der Waals surface area (Å²) in [5.41, 5.74) is 1.71. The molecule has 1 saturated heterocycles. The van der Waals surface area contributed by atoms with E-state index in [1.54, 1.807) is 35.2 Å². The van der Waals surface area contributed by atoms with E-state index in [4.69, 9.17) is 11.6 Å². The predicted octanol–water partition coefficient (Wildman–Crippen LogP) is 5.01. The van der Waals surface area contributed by atoms with Crippen molar-refractivity contribution in [2.75, 3.05) is 39.3 Å². The maximum absolute atomic E-state index is 13.7. The third-order valence-electron chi connectivity index (χ3n) is 8.10. The average molecular weight is 519 g/mol. The highest BCUT2D eigenvalue weighted by molar-refractivity contribution is 6.37. The zero-order valence-corrected chi connectivity index (χ0v) is 22.3. The topological polar surface area (TPSA) is 77.2 Å². The van der Waals surface area contributed by atoms with Crippen LogP contribution in [-0.4, -0.2) is 70.1 Å². The number of rotatable bonds is 7. The van der Waals surface area contributed by atoms with E-state index in [1.165, 1.54) is 25.7 Å². The number of pyridine rings is 1. The zero-order chi connectivity index (χ0) is 25.8. The van der Waals surface area contributed by atoms with Crippen LogP contribution >= 0.6 is 11.6 Å². The lowest BCUT2D eigenvalue weighted by Gasteiger charge is -2.50. The van der Waals surface area contributed by atoms with Crippen molar-refractivity contribution in [3.05, 3.63) is 58.9 Å². The van der Waals surface area contributed by atoms with Crippen LogP contribution in [0.25, 0.3) is 16.7 Å². The molecule has 0 radical (unpaired) electrons. The Morgan fingerprint density at radius 2 is 1.92 bits per heavy atom. The Labute approximate surface area is 224 Å². The standard InChI is InChI=1S/C29H35ClN6O/c1-2-14-34-15-17-35(18-16-34)29(11-4-3-5-12-29)21-33-28(37)23-20-36(25-10-6-9-24(30)26(23)25)27-22(19-31)8-7-13-32-27/h6-10,13,20H,2-5,11-12,14-18,21H2,1H3,(H,33,37). The van der Waals surface area contributed by atoms with Crippen LogP contribution in [0.15, 0.2) is 42.7 Å². The van der Waals surface area contributed by atoms with Gasteiger partial charge in [0, 0.05) is 56.0 Å². The van der Waals surface area contributed by atoms with Gasteiger partial charge in [0.2, 0.25) is 0 Å². The predicted molar refractivity (Wildman–Crippen MR) is 147 cm³/mol. The SMILES string of the molecule is CCCN1CCN(C2(CNC(=O)c3cn(-c4ncccc4C#N)c4cccc(Cl)c34)CCCCC2)CC1. The summed E-state index contributed by atoms with van der Waals surface area (Å²) >= 11 is 6.63. The Balaban J connectivity index is 1.42. The molecular formula is C29H35ClN6O. The molecule has 1 aliphatic carbocycles. The summed E-state index contributed by atoms with van der Waals surface area (Å²) in [6.45, 7) is 8.32. The number of fused-ring (bicyclic) bond motifs is 1. The summed E-state index contributed by atoms with van der Waals surface area (Å²) < 4.78 is 1.80. The monoisotopic (exact) mass is 518 g/mol. The molecule has 0 atom stereocenters. The molecule has 5 rings (SSSR count). The van der Waals surface area contributed by atoms with Gasteiger partial charge in [-0.2, -0.15) is 5.26 Å². The molecule has 1 aromatic carbocycles. The van der Waals surface area contributed by atoms with E-state index >= 15 is 0 Å². The minimum Gasteiger partial charge on any atom is -0.350 e. The Morgan fingerprint density at radius 1 is 1.14 bits per heavy atom. The van der Waals surface area contributed by atoms with E-state index in [0.29, 0.717) is 33.9 Å². The molecule has 2 aromatic heterocycles. The van der Waals surface area contributed by atoms with Crippen molar-refractivity contribution in [2.45, 2.75) is 51.0 Å². The highest BCUT2D eigenvalue weighted by Crippen LogP contribution is 2.35. The van der Waals surface area contributed by atoms with Gasteiger partial charge in [-0.05, 0) is 50.1 Å². The second kappa shape index (κ2) is 11.2. The number of nitrogens with zero attached hydrogens (tertiary/aromatic N) is 5. The van der Waals surface area contributed by atoms with Crippen LogP contribution < -0.4 is 5.32 Å². The molecule has 8 heteroatoms. The first-order valence-corrected chi connectivity index (χ1v) is 13.8. The summed E-state index contributed by atoms with van der Waals surface area (Å²) in [5, 5.41) is 14.1. The molecule has 3 heterocycles. The van der Waals surface area contributed by atoms with Gasteiger partial charge in [-0.25, -0.2) is 4.98 Å². The fourth-order valence-electron chi connectivity index (χ4n) is 6.18. The molecule has 3 aromatic rings. The Bertz CT molecular complexity index is 1300. The summed E-state index contributed by atoms with van der Waals surface area (Å²) in [6.07, 6.45) is 10.5. The van der Waals surface area contributed by atoms with Gasteiger partial charge in [-0.3, -0.25) is 14.3 Å². The van der Waals surface area contributed by atoms with Crippen LogP contribution in [0.3, 0.4) is 0 Å². The lowest BCUT2D eigenvalue weighted by Crippen LogP contribution is -2.61. The summed E-state index contributed by atoms with van der Waals surface area (Å²) in [5.74, 6) is 0.353. The zero-order valence-electron chi connectivity index (χ0n) is 21.5. The molecule has 0 spiro atoms. The van der Waals surface area contributed by atoms with Gasteiger partial charge >= 0.3 is 0 Å². The molecule has 2 fully saturated rings. The quantitative estimate of drug-likeness (QED) is 0.475. The van der Waals surface area contributed by atoms with Crippen LogP contribution in [0.2, 0.25) is 5.02 Å². The molecule has 37 heavy (non-hydrogen) atoms. The maximum Gasteiger partial charge on any atom is 0.253 e. The largest absolute Gasteiger partial charge is 0.350 e. The van der Waals surface area contributed by atoms with Gasteiger partial charge < -0.3 is 10.2 Å². The van der Waals surface area contributed by atoms with Crippen molar-refractivity contribution in [2.24, 2.45) is 0 Å². The lowest BCUT2D eigenvalue weighted by atomic mass is 9.79. The third-order valence-corrected chi connectivity index (χ3v) is 8.42. The van der Waals surface area contributed by atoms with Crippen LogP contribution in [0.4, 0.5) is 0 Å². The highest BCUT2D eigenvalue weighted by Gasteiger charge is 2.39. The number of halogens is 1. The van der Waals surface area contributed by atoms with Crippen molar-refractivity contribution < 1.29 is 4.79 Å². The molecular weight excluding hydrogens is 484 g/mol. The van der Waals surface area contributed by atoms with E-state index < -0.39 is 0 Å². The highest BCUT2D eigenvalue weighted by atomic mass is 35.5. The van der Waals surface area contributed by atoms with Crippen molar-refractivity contribution in [1.82, 2.24) is 24.7 Å². The minimum atomic E-state index is -0.138. The van der Waals surface area contributed by atoms with Gasteiger partial charge in [0.1, 0.15) is 6.07 Å². The Kier molecular flexibility index (Phi) is 7.80. The molecule has 1 saturated carbocycles. The van der Waals surface area contributed by atoms with Crippen molar-refractivity contribution >= 4 is 28.4 Å². The Hall–Kier alpha value is -2.92. The maximum atomic E-state index is 13.7. The first kappa shape index (κ1) is 25.7. The number of carbonyl (C=O) groups is 1. The van der Waals surface area contributed by atoms with Gasteiger partial charge in [-0.15, -0.1) is 0 Å². The third kappa shape index (κ3) is 5.11. The van der Waals surface area contributed by atoms with Crippen molar-refractivity contribution in [1.29, 1.82) is 5.26 Å². The van der Waals surface area contributed by atoms with Crippen LogP contribution in [0.1, 0.15) is 61.4 Å². The lowest BCUT2D eigenvalue weighted by molar-refractivity contribution is 0.00808. The van der Waals surface area contributed by atoms with Crippen molar-refractivity contribution in [3.63, 3.8) is 0 Å². The summed E-state index contributed by atoms with van der Waals surface area (Å²) in [4.78, 5) is 23.3. The number of piperazine rings is 1. The van der Waals surface area contributed by atoms with Crippen LogP contribution in [-0.2, 0) is 0 Å². The molecule has 194 valence electrons. The second-order valence-corrected chi connectivity index (χ2v) is 10.7. The molecule has 1 amide bonds. The molecule has 0 unspecified atom stereocenters. The minimum absolute atomic E-state index is 0.00332. The van der Waals surface area contributed by atoms with E-state index in [0.717, 1.165) is 51.1 Å². The number of hydrogen-bond acceptors (Lipinski definition) is 5. The summed E-state index contributed by atoms with van der Waals surface area (Å²) in [6, 6.07) is 11.2. The van der Waals surface area contributed by atoms with Crippen LogP contribution in [0.5, 0.6) is 0 Å². The fourth-order valence-corrected chi connectivity index (χ4v) is 6.46. The van der Waals surface area contributed by atoms with E-state index in [1.807, 2.05) is 12.1 Å². The van der Waals surface area contributed by atoms with Crippen molar-refractivity contribution in [3.8, 4) is 11.9 Å². The fraction of sp³-hybridized carbons (Fsp3) is 0.483. The Morgan fingerprint density at radius 3 is 2.65 bits per heavy atom. The van der Waals surface area contributed by atoms with Gasteiger partial charge in [0.15, 0.2) is 5.82 Å². The molecule has 1 N–H and O–H groups in total. The van der Waals surface area contributed by atoms with E-state index in [2.05, 4.69) is 33.1 Å².